The van der Waals surface area contributed by atoms with E-state index in [-0.39, 0.29) is 11.9 Å². The lowest BCUT2D eigenvalue weighted by Gasteiger charge is -2.36. The van der Waals surface area contributed by atoms with Gasteiger partial charge in [0.1, 0.15) is 5.69 Å². The average molecular weight is 226 g/mol. The maximum absolute atomic E-state index is 12.0. The molecule has 2 heterocycles. The highest BCUT2D eigenvalue weighted by atomic mass is 32.1. The van der Waals surface area contributed by atoms with Gasteiger partial charge in [0.15, 0.2) is 0 Å². The van der Waals surface area contributed by atoms with Crippen LogP contribution in [-0.4, -0.2) is 39.6 Å². The van der Waals surface area contributed by atoms with E-state index in [0.717, 1.165) is 12.8 Å². The van der Waals surface area contributed by atoms with Crippen LogP contribution in [0.2, 0.25) is 0 Å². The normalized spacial score (nSPS) is 26.7. The van der Waals surface area contributed by atoms with Crippen molar-refractivity contribution in [3.05, 3.63) is 16.6 Å². The molecule has 2 atom stereocenters. The molecule has 1 aromatic rings. The summed E-state index contributed by atoms with van der Waals surface area (Å²) in [6, 6.07) is -0.104. The second-order valence-corrected chi connectivity index (χ2v) is 4.54. The number of rotatable bonds is 1. The zero-order valence-corrected chi connectivity index (χ0v) is 9.41. The van der Waals surface area contributed by atoms with Crippen molar-refractivity contribution in [3.8, 4) is 0 Å². The molecule has 1 amide bonds. The van der Waals surface area contributed by atoms with E-state index in [9.17, 15) is 9.90 Å². The zero-order valence-electron chi connectivity index (χ0n) is 8.59. The molecule has 2 unspecified atom stereocenters. The van der Waals surface area contributed by atoms with Crippen molar-refractivity contribution >= 4 is 17.2 Å². The molecule has 1 aliphatic rings. The monoisotopic (exact) mass is 226 g/mol. The first kappa shape index (κ1) is 10.6. The molecule has 5 heteroatoms. The summed E-state index contributed by atoms with van der Waals surface area (Å²) in [5, 5.41) is 11.4. The second-order valence-electron chi connectivity index (χ2n) is 3.82. The topological polar surface area (TPSA) is 53.4 Å². The molecule has 82 valence electrons. The summed E-state index contributed by atoms with van der Waals surface area (Å²) in [5.41, 5.74) is 2.14. The summed E-state index contributed by atoms with van der Waals surface area (Å²) in [7, 11) is 0. The molecule has 1 aromatic heterocycles. The third kappa shape index (κ3) is 2.03. The van der Waals surface area contributed by atoms with Crippen LogP contribution in [0.5, 0.6) is 0 Å². The Kier molecular flexibility index (Phi) is 3.02. The molecule has 0 spiro atoms. The molecule has 0 aliphatic carbocycles. The van der Waals surface area contributed by atoms with Gasteiger partial charge in [-0.2, -0.15) is 0 Å². The molecule has 1 fully saturated rings. The molecule has 0 aromatic carbocycles. The lowest BCUT2D eigenvalue weighted by molar-refractivity contribution is 0.0177. The van der Waals surface area contributed by atoms with E-state index in [4.69, 9.17) is 0 Å². The predicted octanol–water partition coefficient (Wildman–Crippen LogP) is 1.13. The predicted molar refractivity (Wildman–Crippen MR) is 57.9 cm³/mol. The SMILES string of the molecule is CC1C(O)CCCN1C(=O)c1cscn1. The number of aromatic nitrogens is 1. The van der Waals surface area contributed by atoms with Crippen molar-refractivity contribution in [3.63, 3.8) is 0 Å². The Bertz CT molecular complexity index is 339. The molecule has 2 rings (SSSR count). The molecule has 4 nitrogen and oxygen atoms in total. The summed E-state index contributed by atoms with van der Waals surface area (Å²) in [6.07, 6.45) is 1.24. The van der Waals surface area contributed by atoms with Gasteiger partial charge in [-0.15, -0.1) is 11.3 Å². The minimum atomic E-state index is -0.402. The third-order valence-electron chi connectivity index (χ3n) is 2.86. The molecule has 1 saturated heterocycles. The van der Waals surface area contributed by atoms with E-state index < -0.39 is 6.10 Å². The van der Waals surface area contributed by atoms with Crippen molar-refractivity contribution in [2.75, 3.05) is 6.54 Å². The number of likely N-dealkylation sites (tertiary alicyclic amines) is 1. The second kappa shape index (κ2) is 4.28. The number of hydrogen-bond acceptors (Lipinski definition) is 4. The summed E-state index contributed by atoms with van der Waals surface area (Å²) in [6.45, 7) is 2.60. The summed E-state index contributed by atoms with van der Waals surface area (Å²) < 4.78 is 0. The number of carbonyl (C=O) groups is 1. The van der Waals surface area contributed by atoms with Crippen molar-refractivity contribution in [2.45, 2.75) is 31.9 Å². The number of aliphatic hydroxyl groups excluding tert-OH is 1. The molecule has 1 N–H and O–H groups in total. The zero-order chi connectivity index (χ0) is 10.8. The molecular formula is C10H14N2O2S. The van der Waals surface area contributed by atoms with Crippen LogP contribution in [0, 0.1) is 0 Å². The van der Waals surface area contributed by atoms with Gasteiger partial charge in [-0.25, -0.2) is 4.98 Å². The Hall–Kier alpha value is -0.940. The van der Waals surface area contributed by atoms with Gasteiger partial charge in [0.2, 0.25) is 0 Å². The Morgan fingerprint density at radius 2 is 2.53 bits per heavy atom. The van der Waals surface area contributed by atoms with E-state index in [2.05, 4.69) is 4.98 Å². The van der Waals surface area contributed by atoms with Crippen LogP contribution in [0.25, 0.3) is 0 Å². The van der Waals surface area contributed by atoms with Gasteiger partial charge in [-0.05, 0) is 19.8 Å². The number of piperidine rings is 1. The summed E-state index contributed by atoms with van der Waals surface area (Å²) in [4.78, 5) is 17.7. The highest BCUT2D eigenvalue weighted by Crippen LogP contribution is 2.19. The first-order valence-corrected chi connectivity index (χ1v) is 6.01. The number of thiazole rings is 1. The number of carbonyl (C=O) groups excluding carboxylic acids is 1. The van der Waals surface area contributed by atoms with Crippen LogP contribution in [0.15, 0.2) is 10.9 Å². The molecule has 0 bridgehead atoms. The molecule has 15 heavy (non-hydrogen) atoms. The van der Waals surface area contributed by atoms with Crippen LogP contribution in [0.1, 0.15) is 30.3 Å². The summed E-state index contributed by atoms with van der Waals surface area (Å²) >= 11 is 1.41. The van der Waals surface area contributed by atoms with Crippen molar-refractivity contribution < 1.29 is 9.90 Å². The molecule has 0 radical (unpaired) electrons. The van der Waals surface area contributed by atoms with Crippen LogP contribution in [0.3, 0.4) is 0 Å². The van der Waals surface area contributed by atoms with E-state index in [1.807, 2.05) is 6.92 Å². The third-order valence-corrected chi connectivity index (χ3v) is 3.45. The lowest BCUT2D eigenvalue weighted by Crippen LogP contribution is -2.49. The number of nitrogens with zero attached hydrogens (tertiary/aromatic N) is 2. The Balaban J connectivity index is 2.13. The van der Waals surface area contributed by atoms with Crippen LogP contribution in [0.4, 0.5) is 0 Å². The van der Waals surface area contributed by atoms with E-state index in [1.165, 1.54) is 11.3 Å². The van der Waals surface area contributed by atoms with Crippen molar-refractivity contribution in [2.24, 2.45) is 0 Å². The van der Waals surface area contributed by atoms with Gasteiger partial charge in [0.05, 0.1) is 17.7 Å². The van der Waals surface area contributed by atoms with E-state index in [0.29, 0.717) is 12.2 Å². The van der Waals surface area contributed by atoms with Gasteiger partial charge in [-0.3, -0.25) is 4.79 Å². The van der Waals surface area contributed by atoms with Crippen molar-refractivity contribution in [1.82, 2.24) is 9.88 Å². The standard InChI is InChI=1S/C10H14N2O2S/c1-7-9(13)3-2-4-12(7)10(14)8-5-15-6-11-8/h5-7,9,13H,2-4H2,1H3. The number of amides is 1. The van der Waals surface area contributed by atoms with Gasteiger partial charge in [-0.1, -0.05) is 0 Å². The Morgan fingerprint density at radius 3 is 3.20 bits per heavy atom. The highest BCUT2D eigenvalue weighted by Gasteiger charge is 2.30. The van der Waals surface area contributed by atoms with Crippen LogP contribution < -0.4 is 0 Å². The molecule has 0 saturated carbocycles. The lowest BCUT2D eigenvalue weighted by atomic mass is 10.00. The fourth-order valence-corrected chi connectivity index (χ4v) is 2.40. The number of hydrogen-bond donors (Lipinski definition) is 1. The Morgan fingerprint density at radius 1 is 1.73 bits per heavy atom. The minimum Gasteiger partial charge on any atom is -0.391 e. The quantitative estimate of drug-likeness (QED) is 0.781. The first-order valence-electron chi connectivity index (χ1n) is 5.07. The fraction of sp³-hybridized carbons (Fsp3) is 0.600. The molecule has 1 aliphatic heterocycles. The van der Waals surface area contributed by atoms with Gasteiger partial charge >= 0.3 is 0 Å². The van der Waals surface area contributed by atoms with Crippen LogP contribution >= 0.6 is 11.3 Å². The highest BCUT2D eigenvalue weighted by molar-refractivity contribution is 7.07. The smallest absolute Gasteiger partial charge is 0.273 e. The minimum absolute atomic E-state index is 0.0671. The summed E-state index contributed by atoms with van der Waals surface area (Å²) in [5.74, 6) is -0.0671. The van der Waals surface area contributed by atoms with E-state index in [1.54, 1.807) is 15.8 Å². The van der Waals surface area contributed by atoms with Crippen molar-refractivity contribution in [1.29, 1.82) is 0 Å². The molecular weight excluding hydrogens is 212 g/mol. The van der Waals surface area contributed by atoms with Gasteiger partial charge in [0.25, 0.3) is 5.91 Å². The maximum atomic E-state index is 12.0. The largest absolute Gasteiger partial charge is 0.391 e. The van der Waals surface area contributed by atoms with Gasteiger partial charge in [0, 0.05) is 11.9 Å². The average Bonchev–Trinajstić information content (AvgIpc) is 2.74. The fourth-order valence-electron chi connectivity index (χ4n) is 1.88. The van der Waals surface area contributed by atoms with Crippen LogP contribution in [-0.2, 0) is 0 Å². The van der Waals surface area contributed by atoms with E-state index >= 15 is 0 Å². The maximum Gasteiger partial charge on any atom is 0.273 e. The van der Waals surface area contributed by atoms with Gasteiger partial charge < -0.3 is 10.0 Å². The number of aliphatic hydroxyl groups is 1. The first-order chi connectivity index (χ1) is 7.20. The Labute approximate surface area is 92.6 Å².